The van der Waals surface area contributed by atoms with E-state index in [2.05, 4.69) is 4.72 Å². The maximum Gasteiger partial charge on any atom is 0.244 e. The van der Waals surface area contributed by atoms with Crippen LogP contribution in [0.3, 0.4) is 0 Å². The molecule has 0 aromatic heterocycles. The van der Waals surface area contributed by atoms with Gasteiger partial charge in [0.15, 0.2) is 0 Å². The highest BCUT2D eigenvalue weighted by molar-refractivity contribution is 7.89. The van der Waals surface area contributed by atoms with Gasteiger partial charge in [0.05, 0.1) is 0 Å². The van der Waals surface area contributed by atoms with Crippen LogP contribution in [0, 0.1) is 0 Å². The fraction of sp³-hybridized carbons (Fsp3) is 0.667. The van der Waals surface area contributed by atoms with E-state index in [-0.39, 0.29) is 21.5 Å². The van der Waals surface area contributed by atoms with Crippen molar-refractivity contribution in [2.45, 2.75) is 77.0 Å². The van der Waals surface area contributed by atoms with Gasteiger partial charge in [-0.1, -0.05) is 61.0 Å². The summed E-state index contributed by atoms with van der Waals surface area (Å²) >= 11 is 0. The number of hydrogen-bond acceptors (Lipinski definition) is 3. The summed E-state index contributed by atoms with van der Waals surface area (Å²) in [5, 5.41) is 10.6. The molecule has 0 aliphatic rings. The Bertz CT molecular complexity index is 650. The monoisotopic (exact) mass is 341 g/mol. The van der Waals surface area contributed by atoms with Crippen molar-refractivity contribution in [1.29, 1.82) is 0 Å². The highest BCUT2D eigenvalue weighted by atomic mass is 32.2. The molecule has 0 spiro atoms. The quantitative estimate of drug-likeness (QED) is 0.794. The first kappa shape index (κ1) is 20.0. The zero-order valence-electron chi connectivity index (χ0n) is 15.4. The fourth-order valence-electron chi connectivity index (χ4n) is 2.28. The van der Waals surface area contributed by atoms with Crippen LogP contribution in [0.4, 0.5) is 0 Å². The number of unbranched alkanes of at least 4 members (excludes halogenated alkanes) is 1. The molecule has 1 aromatic rings. The Kier molecular flexibility index (Phi) is 5.92. The van der Waals surface area contributed by atoms with Gasteiger partial charge in [0.25, 0.3) is 0 Å². The first-order chi connectivity index (χ1) is 10.3. The van der Waals surface area contributed by atoms with Gasteiger partial charge < -0.3 is 5.11 Å². The molecule has 5 heteroatoms. The van der Waals surface area contributed by atoms with E-state index >= 15 is 0 Å². The van der Waals surface area contributed by atoms with Gasteiger partial charge in [-0.25, -0.2) is 13.1 Å². The molecule has 0 aliphatic carbocycles. The summed E-state index contributed by atoms with van der Waals surface area (Å²) in [6, 6.07) is 3.51. The third-order valence-corrected chi connectivity index (χ3v) is 5.34. The Morgan fingerprint density at radius 1 is 1.04 bits per heavy atom. The molecule has 23 heavy (non-hydrogen) atoms. The van der Waals surface area contributed by atoms with Gasteiger partial charge in [0, 0.05) is 12.1 Å². The molecule has 1 rings (SSSR count). The second-order valence-corrected chi connectivity index (χ2v) is 9.86. The average Bonchev–Trinajstić information content (AvgIpc) is 2.36. The Morgan fingerprint density at radius 2 is 1.61 bits per heavy atom. The van der Waals surface area contributed by atoms with Crippen LogP contribution in [-0.4, -0.2) is 20.1 Å². The third kappa shape index (κ3) is 4.95. The van der Waals surface area contributed by atoms with Crippen LogP contribution in [-0.2, 0) is 20.9 Å². The predicted molar refractivity (Wildman–Crippen MR) is 95.6 cm³/mol. The number of phenols is 1. The molecular weight excluding hydrogens is 310 g/mol. The topological polar surface area (TPSA) is 66.4 Å². The van der Waals surface area contributed by atoms with Gasteiger partial charge in [0.2, 0.25) is 10.0 Å². The minimum atomic E-state index is -3.73. The molecule has 4 nitrogen and oxygen atoms in total. The first-order valence-corrected chi connectivity index (χ1v) is 9.66. The van der Waals surface area contributed by atoms with Crippen LogP contribution in [0.5, 0.6) is 5.75 Å². The summed E-state index contributed by atoms with van der Waals surface area (Å²) in [7, 11) is -3.73. The predicted octanol–water partition coefficient (Wildman–Crippen LogP) is 4.07. The number of sulfonamides is 1. The molecule has 0 fully saturated rings. The lowest BCUT2D eigenvalue weighted by molar-refractivity contribution is 0.428. The number of aromatic hydroxyl groups is 1. The van der Waals surface area contributed by atoms with E-state index in [1.54, 1.807) is 6.07 Å². The van der Waals surface area contributed by atoms with Crippen molar-refractivity contribution >= 4 is 10.0 Å². The van der Waals surface area contributed by atoms with E-state index in [9.17, 15) is 13.5 Å². The molecule has 0 amide bonds. The van der Waals surface area contributed by atoms with Gasteiger partial charge in [-0.3, -0.25) is 0 Å². The summed E-state index contributed by atoms with van der Waals surface area (Å²) in [6.45, 7) is 14.4. The van der Waals surface area contributed by atoms with Crippen LogP contribution < -0.4 is 4.72 Å². The van der Waals surface area contributed by atoms with Crippen LogP contribution in [0.2, 0.25) is 0 Å². The molecule has 0 saturated carbocycles. The van der Waals surface area contributed by atoms with E-state index in [0.29, 0.717) is 12.1 Å². The molecule has 2 N–H and O–H groups in total. The Labute approximate surface area is 141 Å². The van der Waals surface area contributed by atoms with Gasteiger partial charge in [-0.15, -0.1) is 0 Å². The molecule has 0 aliphatic heterocycles. The van der Waals surface area contributed by atoms with Crippen molar-refractivity contribution in [3.63, 3.8) is 0 Å². The van der Waals surface area contributed by atoms with E-state index in [1.165, 1.54) is 0 Å². The number of hydrogen-bond donors (Lipinski definition) is 2. The molecule has 132 valence electrons. The van der Waals surface area contributed by atoms with Crippen molar-refractivity contribution in [2.24, 2.45) is 0 Å². The molecule has 0 saturated heterocycles. The maximum atomic E-state index is 12.6. The minimum Gasteiger partial charge on any atom is -0.506 e. The Balaban J connectivity index is 3.53. The standard InChI is InChI=1S/C18H31NO3S/c1-8-9-10-19-23(21,22)15-12-13(17(2,3)4)11-14(16(15)20)18(5,6)7/h11-12,19-20H,8-10H2,1-7H3. The van der Waals surface area contributed by atoms with Crippen molar-refractivity contribution in [2.75, 3.05) is 6.54 Å². The SMILES string of the molecule is CCCCNS(=O)(=O)c1cc(C(C)(C)C)cc(C(C)(C)C)c1O. The van der Waals surface area contributed by atoms with E-state index in [0.717, 1.165) is 18.4 Å². The molecule has 0 heterocycles. The zero-order chi connectivity index (χ0) is 18.1. The number of phenolic OH excluding ortho intramolecular Hbond substituents is 1. The number of benzene rings is 1. The highest BCUT2D eigenvalue weighted by Crippen LogP contribution is 2.39. The van der Waals surface area contributed by atoms with Crippen LogP contribution in [0.15, 0.2) is 17.0 Å². The lowest BCUT2D eigenvalue weighted by atomic mass is 9.80. The lowest BCUT2D eigenvalue weighted by Crippen LogP contribution is -2.26. The third-order valence-electron chi connectivity index (χ3n) is 3.86. The molecule has 0 bridgehead atoms. The molecule has 0 atom stereocenters. The van der Waals surface area contributed by atoms with Crippen LogP contribution in [0.1, 0.15) is 72.4 Å². The largest absolute Gasteiger partial charge is 0.506 e. The Hall–Kier alpha value is -1.07. The maximum absolute atomic E-state index is 12.6. The number of rotatable bonds is 5. The van der Waals surface area contributed by atoms with E-state index < -0.39 is 10.0 Å². The Morgan fingerprint density at radius 3 is 2.04 bits per heavy atom. The van der Waals surface area contributed by atoms with Crippen molar-refractivity contribution < 1.29 is 13.5 Å². The van der Waals surface area contributed by atoms with Gasteiger partial charge in [-0.05, 0) is 28.9 Å². The molecule has 0 unspecified atom stereocenters. The highest BCUT2D eigenvalue weighted by Gasteiger charge is 2.29. The fourth-order valence-corrected chi connectivity index (χ4v) is 3.49. The molecule has 0 radical (unpaired) electrons. The molecule has 1 aromatic carbocycles. The van der Waals surface area contributed by atoms with Crippen molar-refractivity contribution in [3.8, 4) is 5.75 Å². The van der Waals surface area contributed by atoms with Crippen molar-refractivity contribution in [1.82, 2.24) is 4.72 Å². The van der Waals surface area contributed by atoms with Gasteiger partial charge in [0.1, 0.15) is 10.6 Å². The summed E-state index contributed by atoms with van der Waals surface area (Å²) in [6.07, 6.45) is 1.68. The van der Waals surface area contributed by atoms with E-state index in [1.807, 2.05) is 54.5 Å². The lowest BCUT2D eigenvalue weighted by Gasteiger charge is -2.27. The zero-order valence-corrected chi connectivity index (χ0v) is 16.3. The second kappa shape index (κ2) is 6.81. The van der Waals surface area contributed by atoms with Gasteiger partial charge in [-0.2, -0.15) is 0 Å². The summed E-state index contributed by atoms with van der Waals surface area (Å²) < 4.78 is 27.8. The van der Waals surface area contributed by atoms with Gasteiger partial charge >= 0.3 is 0 Å². The summed E-state index contributed by atoms with van der Waals surface area (Å²) in [5.41, 5.74) is 0.998. The average molecular weight is 342 g/mol. The smallest absolute Gasteiger partial charge is 0.244 e. The normalized spacial score (nSPS) is 13.3. The summed E-state index contributed by atoms with van der Waals surface area (Å²) in [4.78, 5) is -0.0223. The number of nitrogens with one attached hydrogen (secondary N) is 1. The van der Waals surface area contributed by atoms with Crippen LogP contribution in [0.25, 0.3) is 0 Å². The van der Waals surface area contributed by atoms with Crippen molar-refractivity contribution in [3.05, 3.63) is 23.3 Å². The second-order valence-electron chi connectivity index (χ2n) is 8.12. The summed E-state index contributed by atoms with van der Waals surface area (Å²) in [5.74, 6) is -0.144. The minimum absolute atomic E-state index is 0.0223. The van der Waals surface area contributed by atoms with Crippen LogP contribution >= 0.6 is 0 Å². The molecular formula is C18H31NO3S. The first-order valence-electron chi connectivity index (χ1n) is 8.18. The van der Waals surface area contributed by atoms with E-state index in [4.69, 9.17) is 0 Å².